The van der Waals surface area contributed by atoms with Crippen molar-refractivity contribution in [1.82, 2.24) is 0 Å². The fourth-order valence-corrected chi connectivity index (χ4v) is 0.732. The Morgan fingerprint density at radius 2 is 1.12 bits per heavy atom. The van der Waals surface area contributed by atoms with Crippen molar-refractivity contribution in [2.75, 3.05) is 7.05 Å². The Balaban J connectivity index is -0.0000000905. The van der Waals surface area contributed by atoms with Gasteiger partial charge in [0, 0.05) is 0 Å². The highest BCUT2D eigenvalue weighted by atomic mass is 16.3. The molecule has 0 saturated carbocycles. The minimum Gasteiger partial charge on any atom is -0.508 e. The number of rotatable bonds is 1. The van der Waals surface area contributed by atoms with Gasteiger partial charge >= 0.3 is 0 Å². The van der Waals surface area contributed by atoms with E-state index in [1.165, 1.54) is 12.6 Å². The second-order valence-electron chi connectivity index (χ2n) is 2.02. The lowest BCUT2D eigenvalue weighted by Gasteiger charge is -1.93. The molecule has 17 heavy (non-hydrogen) atoms. The maximum atomic E-state index is 8.85. The van der Waals surface area contributed by atoms with Crippen LogP contribution in [0.1, 0.15) is 54.0 Å². The summed E-state index contributed by atoms with van der Waals surface area (Å²) in [5, 5.41) is 8.85. The van der Waals surface area contributed by atoms with Gasteiger partial charge in [0.25, 0.3) is 0 Å². The average Bonchev–Trinajstić information content (AvgIpc) is 2.48. The normalized spacial score (nSPS) is 6.41. The first kappa shape index (κ1) is 25.0. The van der Waals surface area contributed by atoms with E-state index in [4.69, 9.17) is 5.11 Å². The van der Waals surface area contributed by atoms with Crippen LogP contribution in [0.15, 0.2) is 24.3 Å². The molecular formula is C15H33NO. The molecule has 0 fully saturated rings. The molecule has 0 aliphatic heterocycles. The molecule has 0 bridgehead atoms. The molecule has 0 radical (unpaired) electrons. The summed E-state index contributed by atoms with van der Waals surface area (Å²) in [4.78, 5) is 0. The first-order valence-electron chi connectivity index (χ1n) is 6.68. The topological polar surface area (TPSA) is 46.2 Å². The maximum Gasteiger partial charge on any atom is 0.115 e. The van der Waals surface area contributed by atoms with E-state index >= 15 is 0 Å². The summed E-state index contributed by atoms with van der Waals surface area (Å²) in [5.74, 6) is 0.340. The molecule has 0 aliphatic rings. The van der Waals surface area contributed by atoms with Crippen molar-refractivity contribution < 1.29 is 5.11 Å². The van der Waals surface area contributed by atoms with Crippen molar-refractivity contribution in [3.8, 4) is 5.75 Å². The number of aryl methyl sites for hydroxylation is 1. The molecule has 1 aromatic rings. The van der Waals surface area contributed by atoms with Gasteiger partial charge in [0.15, 0.2) is 0 Å². The highest BCUT2D eigenvalue weighted by molar-refractivity contribution is 5.25. The second kappa shape index (κ2) is 29.4. The van der Waals surface area contributed by atoms with Gasteiger partial charge in [-0.3, -0.25) is 0 Å². The summed E-state index contributed by atoms with van der Waals surface area (Å²) >= 11 is 0. The first-order valence-corrected chi connectivity index (χ1v) is 6.68. The van der Waals surface area contributed by atoms with Gasteiger partial charge in [-0.15, -0.1) is 0 Å². The molecule has 0 spiro atoms. The van der Waals surface area contributed by atoms with Crippen LogP contribution in [0.25, 0.3) is 0 Å². The molecule has 2 heteroatoms. The molecule has 1 aromatic carbocycles. The number of benzene rings is 1. The third-order valence-corrected chi connectivity index (χ3v) is 1.34. The van der Waals surface area contributed by atoms with Gasteiger partial charge in [0.05, 0.1) is 0 Å². The van der Waals surface area contributed by atoms with Crippen molar-refractivity contribution in [2.24, 2.45) is 5.73 Å². The number of phenols is 1. The van der Waals surface area contributed by atoms with Crippen molar-refractivity contribution >= 4 is 0 Å². The second-order valence-corrected chi connectivity index (χ2v) is 2.02. The Morgan fingerprint density at radius 1 is 0.824 bits per heavy atom. The highest BCUT2D eigenvalue weighted by Crippen LogP contribution is 2.09. The first-order chi connectivity index (χ1) is 8.33. The lowest BCUT2D eigenvalue weighted by Crippen LogP contribution is -1.75. The van der Waals surface area contributed by atoms with Crippen molar-refractivity contribution in [3.05, 3.63) is 29.8 Å². The molecule has 0 heterocycles. The van der Waals surface area contributed by atoms with E-state index in [0.717, 1.165) is 6.42 Å². The van der Waals surface area contributed by atoms with Crippen LogP contribution in [0.3, 0.4) is 0 Å². The van der Waals surface area contributed by atoms with Gasteiger partial charge in [0.1, 0.15) is 5.75 Å². The standard InChI is InChI=1S/C8H10O.3C2H6.CH5N/c1-2-7-3-5-8(9)6-4-7;4*1-2/h3-6,9H,2H2,1H3;3*1-2H3;2H2,1H3. The Labute approximate surface area is 109 Å². The minimum atomic E-state index is 0.340. The summed E-state index contributed by atoms with van der Waals surface area (Å²) in [5.41, 5.74) is 5.76. The molecular weight excluding hydrogens is 210 g/mol. The van der Waals surface area contributed by atoms with E-state index in [1.807, 2.05) is 53.7 Å². The Hall–Kier alpha value is -1.02. The van der Waals surface area contributed by atoms with E-state index in [9.17, 15) is 0 Å². The predicted octanol–water partition coefficient (Wildman–Crippen LogP) is 4.61. The van der Waals surface area contributed by atoms with Crippen LogP contribution in [0.4, 0.5) is 0 Å². The largest absolute Gasteiger partial charge is 0.508 e. The fourth-order valence-electron chi connectivity index (χ4n) is 0.732. The number of hydrogen-bond acceptors (Lipinski definition) is 2. The predicted molar refractivity (Wildman–Crippen MR) is 81.6 cm³/mol. The lowest BCUT2D eigenvalue weighted by atomic mass is 10.2. The quantitative estimate of drug-likeness (QED) is 0.756. The van der Waals surface area contributed by atoms with Gasteiger partial charge in [-0.05, 0) is 31.2 Å². The summed E-state index contributed by atoms with van der Waals surface area (Å²) in [6.45, 7) is 14.1. The van der Waals surface area contributed by atoms with Crippen LogP contribution in [0.5, 0.6) is 5.75 Å². The van der Waals surface area contributed by atoms with Crippen molar-refractivity contribution in [3.63, 3.8) is 0 Å². The van der Waals surface area contributed by atoms with Gasteiger partial charge < -0.3 is 10.8 Å². The average molecular weight is 243 g/mol. The molecule has 0 saturated heterocycles. The number of nitrogens with two attached hydrogens (primary N) is 1. The van der Waals surface area contributed by atoms with Crippen LogP contribution in [-0.4, -0.2) is 12.2 Å². The van der Waals surface area contributed by atoms with Crippen LogP contribution in [-0.2, 0) is 6.42 Å². The summed E-state index contributed by atoms with van der Waals surface area (Å²) < 4.78 is 0. The SMILES string of the molecule is CC.CC.CC.CCc1ccc(O)cc1.CN. The monoisotopic (exact) mass is 243 g/mol. The van der Waals surface area contributed by atoms with Crippen LogP contribution >= 0.6 is 0 Å². The van der Waals surface area contributed by atoms with E-state index in [1.54, 1.807) is 12.1 Å². The van der Waals surface area contributed by atoms with Gasteiger partial charge in [0.2, 0.25) is 0 Å². The van der Waals surface area contributed by atoms with E-state index in [0.29, 0.717) is 5.75 Å². The molecule has 0 unspecified atom stereocenters. The summed E-state index contributed by atoms with van der Waals surface area (Å²) in [7, 11) is 1.50. The zero-order chi connectivity index (χ0) is 14.7. The van der Waals surface area contributed by atoms with Crippen LogP contribution < -0.4 is 5.73 Å². The van der Waals surface area contributed by atoms with Gasteiger partial charge in [-0.25, -0.2) is 0 Å². The Kier molecular flexibility index (Phi) is 43.2. The number of hydrogen-bond donors (Lipinski definition) is 2. The number of aromatic hydroxyl groups is 1. The molecule has 2 nitrogen and oxygen atoms in total. The molecule has 0 aromatic heterocycles. The molecule has 3 N–H and O–H groups in total. The third-order valence-electron chi connectivity index (χ3n) is 1.34. The lowest BCUT2D eigenvalue weighted by molar-refractivity contribution is 0.475. The van der Waals surface area contributed by atoms with Gasteiger partial charge in [-0.1, -0.05) is 60.6 Å². The van der Waals surface area contributed by atoms with E-state index < -0.39 is 0 Å². The van der Waals surface area contributed by atoms with E-state index in [2.05, 4.69) is 12.7 Å². The minimum absolute atomic E-state index is 0.340. The van der Waals surface area contributed by atoms with Crippen molar-refractivity contribution in [2.45, 2.75) is 54.9 Å². The smallest absolute Gasteiger partial charge is 0.115 e. The number of phenolic OH excluding ortho intramolecular Hbond substituents is 1. The zero-order valence-corrected chi connectivity index (χ0v) is 13.0. The van der Waals surface area contributed by atoms with Crippen LogP contribution in [0, 0.1) is 0 Å². The molecule has 0 amide bonds. The van der Waals surface area contributed by atoms with Gasteiger partial charge in [-0.2, -0.15) is 0 Å². The molecule has 104 valence electrons. The molecule has 0 aliphatic carbocycles. The zero-order valence-electron chi connectivity index (χ0n) is 13.0. The Bertz CT molecular complexity index is 183. The third kappa shape index (κ3) is 20.9. The fraction of sp³-hybridized carbons (Fsp3) is 0.600. The maximum absolute atomic E-state index is 8.85. The summed E-state index contributed by atoms with van der Waals surface area (Å²) in [6, 6.07) is 7.27. The molecule has 0 atom stereocenters. The Morgan fingerprint density at radius 3 is 1.35 bits per heavy atom. The van der Waals surface area contributed by atoms with Crippen molar-refractivity contribution in [1.29, 1.82) is 0 Å². The van der Waals surface area contributed by atoms with E-state index in [-0.39, 0.29) is 0 Å². The highest BCUT2D eigenvalue weighted by Gasteiger charge is 1.86. The molecule has 1 rings (SSSR count). The summed E-state index contributed by atoms with van der Waals surface area (Å²) in [6.07, 6.45) is 1.03. The van der Waals surface area contributed by atoms with Crippen LogP contribution in [0.2, 0.25) is 0 Å².